The van der Waals surface area contributed by atoms with E-state index in [4.69, 9.17) is 24.4 Å². The largest absolute Gasteiger partial charge is 0.384 e. The van der Waals surface area contributed by atoms with Crippen LogP contribution in [0.4, 0.5) is 0 Å². The Bertz CT molecular complexity index is 5440. The van der Waals surface area contributed by atoms with E-state index in [1.54, 1.807) is 44.1 Å². The Kier molecular flexibility index (Phi) is 36.6. The number of carbonyl (C=O) groups is 5. The summed E-state index contributed by atoms with van der Waals surface area (Å²) in [5, 5.41) is 31.1. The van der Waals surface area contributed by atoms with Gasteiger partial charge >= 0.3 is 0 Å². The molecule has 10 rings (SSSR count). The van der Waals surface area contributed by atoms with Crippen molar-refractivity contribution in [2.24, 2.45) is 0 Å². The molecule has 0 saturated carbocycles. The monoisotopic (exact) mass is 2020 g/mol. The predicted octanol–water partition coefficient (Wildman–Crippen LogP) is 2.71. The molecule has 0 fully saturated rings. The van der Waals surface area contributed by atoms with Crippen LogP contribution in [0.15, 0.2) is 72.4 Å². The van der Waals surface area contributed by atoms with Crippen LogP contribution < -0.4 is 50.2 Å². The van der Waals surface area contributed by atoms with Crippen molar-refractivity contribution >= 4 is 186 Å². The Balaban J connectivity index is 0.000000238. The van der Waals surface area contributed by atoms with Crippen LogP contribution in [0, 0.1) is 0 Å². The van der Waals surface area contributed by atoms with Gasteiger partial charge in [0, 0.05) is 79.4 Å². The summed E-state index contributed by atoms with van der Waals surface area (Å²) in [4.78, 5) is 58.3. The smallest absolute Gasteiger partial charge is 0.273 e. The fourth-order valence-corrected chi connectivity index (χ4v) is 37.7. The highest BCUT2D eigenvalue weighted by molar-refractivity contribution is 7.98. The number of ether oxygens (including phenoxy) is 3. The molecule has 5 amide bonds. The quantitative estimate of drug-likeness (QED) is 0.0342. The van der Waals surface area contributed by atoms with Crippen molar-refractivity contribution in [2.45, 2.75) is 265 Å². The summed E-state index contributed by atoms with van der Waals surface area (Å²) in [6.07, 6.45) is -4.02. The van der Waals surface area contributed by atoms with Crippen LogP contribution in [0.25, 0.3) is 0 Å². The maximum Gasteiger partial charge on any atom is 0.273 e. The number of amides is 5. The van der Waals surface area contributed by atoms with Crippen LogP contribution in [0.2, 0.25) is 0 Å². The van der Waals surface area contributed by atoms with Gasteiger partial charge in [0.25, 0.3) is 79.7 Å². The SMILES string of the molecule is CCN[C@H]1C[C@H](C)S(=O)(=O)c2sc(S(=O)(=O)NC(=O)C(C)O)cc21.CCN[C@H]1C[C@H](C)S(=O)(=O)c2sc(S(=O)(=O)NC(=O)C(C)O)cc21.CCN[C@H]1C[C@H](C)S(=O)(=O)c2sc(S(=O)(=O)NC(=O)C(C)OC)cc21.CCN[C@H]1C[C@H](C)S(=O)(=O)c2sc(S(=O)(=O)NC(=O)C(C)OC)cc21.CCN[C@H]1C[C@H](C)S(=O)(=O)c2sc(S(=O)(=O)NC(=O)C(C)OC)cc21. The normalized spacial score (nSPS) is 23.9. The van der Waals surface area contributed by atoms with Gasteiger partial charge in [-0.1, -0.05) is 34.6 Å². The highest BCUT2D eigenvalue weighted by Crippen LogP contribution is 2.48. The number of carbonyl (C=O) groups excluding carboxylic acids is 5. The fraction of sp³-hybridized carbons (Fsp3) is 0.632. The van der Waals surface area contributed by atoms with Gasteiger partial charge in [0.2, 0.25) is 0 Å². The van der Waals surface area contributed by atoms with Crippen LogP contribution >= 0.6 is 56.7 Å². The number of hydrogen-bond acceptors (Lipinski definition) is 40. The average molecular weight is 2020 g/mol. The molecule has 0 spiro atoms. The summed E-state index contributed by atoms with van der Waals surface area (Å²) in [5.41, 5.74) is 2.14. The predicted molar refractivity (Wildman–Crippen MR) is 459 cm³/mol. The van der Waals surface area contributed by atoms with Gasteiger partial charge in [-0.05, 0) is 164 Å². The van der Waals surface area contributed by atoms with Crippen LogP contribution in [0.3, 0.4) is 0 Å². The lowest BCUT2D eigenvalue weighted by Crippen LogP contribution is -2.37. The first kappa shape index (κ1) is 107. The van der Waals surface area contributed by atoms with Gasteiger partial charge < -0.3 is 51.0 Å². The Morgan fingerprint density at radius 1 is 0.325 bits per heavy atom. The van der Waals surface area contributed by atoms with Gasteiger partial charge in [0.05, 0.1) is 26.2 Å². The van der Waals surface area contributed by atoms with Crippen molar-refractivity contribution in [1.29, 1.82) is 0 Å². The lowest BCUT2D eigenvalue weighted by atomic mass is 10.1. The van der Waals surface area contributed by atoms with Crippen molar-refractivity contribution in [1.82, 2.24) is 50.2 Å². The molecule has 55 heteroatoms. The molecular formula is C68H106N10O30S15. The molecule has 15 atom stereocenters. The number of sulfone groups is 5. The maximum atomic E-state index is 12.6. The molecule has 5 unspecified atom stereocenters. The summed E-state index contributed by atoms with van der Waals surface area (Å²) in [6.45, 7) is 27.0. The minimum absolute atomic E-state index is 0.0112. The van der Waals surface area contributed by atoms with Crippen LogP contribution in [-0.2, 0) is 137 Å². The summed E-state index contributed by atoms with van der Waals surface area (Å²) in [7, 11) is -35.1. The van der Waals surface area contributed by atoms with Crippen molar-refractivity contribution in [3.05, 3.63) is 58.1 Å². The van der Waals surface area contributed by atoms with E-state index < -0.39 is 186 Å². The van der Waals surface area contributed by atoms with Crippen molar-refractivity contribution in [3.63, 3.8) is 0 Å². The number of aliphatic hydroxyl groups excluding tert-OH is 2. The summed E-state index contributed by atoms with van der Waals surface area (Å²) in [5.74, 6) is -4.57. The second-order valence-corrected chi connectivity index (χ2v) is 56.5. The van der Waals surface area contributed by atoms with Gasteiger partial charge in [-0.3, -0.25) is 24.0 Å². The number of nitrogens with one attached hydrogen (secondary N) is 10. The zero-order valence-electron chi connectivity index (χ0n) is 70.1. The zero-order valence-corrected chi connectivity index (χ0v) is 82.3. The number of sulfonamides is 5. The Hall–Kier alpha value is -5.05. The van der Waals surface area contributed by atoms with E-state index in [2.05, 4.69) is 26.6 Å². The molecule has 698 valence electrons. The van der Waals surface area contributed by atoms with E-state index in [1.165, 1.54) is 72.4 Å². The number of aliphatic hydroxyl groups is 2. The lowest BCUT2D eigenvalue weighted by Gasteiger charge is -2.27. The number of methoxy groups -OCH3 is 3. The second-order valence-electron chi connectivity index (χ2n) is 28.9. The number of fused-ring (bicyclic) bond motifs is 5. The maximum absolute atomic E-state index is 12.6. The first-order valence-electron chi connectivity index (χ1n) is 38.0. The van der Waals surface area contributed by atoms with Crippen LogP contribution in [0.5, 0.6) is 0 Å². The standard InChI is InChI=1S/3C14H22N2O6S3.2C13H20N2O6S3/c3*1-5-15-11-6-8(2)24(18,19)14-10(11)7-12(23-14)25(20,21)16-13(17)9(3)22-4;2*1-4-14-10-5-7(2)23(18,19)13-9(10)6-11(22-13)24(20,21)15-12(17)8(3)16/h3*7-9,11,15H,5-6H2,1-4H3,(H,16,17);2*6-8,10,14,16H,4-5H2,1-3H3,(H,15,17)/t3*8-,9?,11-;2*7-,8?,10-/m00000/s1. The molecule has 40 nitrogen and oxygen atoms in total. The molecule has 12 N–H and O–H groups in total. The average Bonchev–Trinajstić information content (AvgIpc) is 1.64. The van der Waals surface area contributed by atoms with Crippen molar-refractivity contribution < 1.29 is 133 Å². The molecule has 10 heterocycles. The van der Waals surface area contributed by atoms with Gasteiger partial charge in [0.15, 0.2) is 49.2 Å². The number of hydrogen-bond donors (Lipinski definition) is 12. The third-order valence-corrected chi connectivity index (χ3v) is 48.4. The van der Waals surface area contributed by atoms with Gasteiger partial charge in [-0.15, -0.1) is 56.7 Å². The lowest BCUT2D eigenvalue weighted by molar-refractivity contribution is -0.128. The third kappa shape index (κ3) is 24.5. The first-order valence-corrected chi connectivity index (χ1v) is 57.2. The molecule has 0 aliphatic carbocycles. The summed E-state index contributed by atoms with van der Waals surface area (Å²) in [6, 6.07) is 5.32. The highest BCUT2D eigenvalue weighted by atomic mass is 32.3. The Morgan fingerprint density at radius 3 is 0.602 bits per heavy atom. The van der Waals surface area contributed by atoms with E-state index in [0.29, 0.717) is 149 Å². The third-order valence-electron chi connectivity index (χ3n) is 19.8. The molecule has 5 aliphatic rings. The molecule has 0 bridgehead atoms. The molecular weight excluding hydrogens is 1920 g/mol. The fourth-order valence-electron chi connectivity index (χ4n) is 12.5. The van der Waals surface area contributed by atoms with Gasteiger partial charge in [-0.25, -0.2) is 108 Å². The number of thiophene rings is 5. The molecule has 5 aliphatic heterocycles. The van der Waals surface area contributed by atoms with Crippen molar-refractivity contribution in [2.75, 3.05) is 54.1 Å². The molecule has 5 aromatic rings. The molecule has 0 radical (unpaired) electrons. The molecule has 0 saturated heterocycles. The van der Waals surface area contributed by atoms with Crippen LogP contribution in [0.1, 0.15) is 194 Å². The summed E-state index contributed by atoms with van der Waals surface area (Å²) >= 11 is 3.27. The van der Waals surface area contributed by atoms with E-state index in [1.807, 2.05) is 48.8 Å². The minimum Gasteiger partial charge on any atom is -0.384 e. The Morgan fingerprint density at radius 2 is 0.472 bits per heavy atom. The minimum atomic E-state index is -4.24. The first-order chi connectivity index (χ1) is 56.6. The highest BCUT2D eigenvalue weighted by Gasteiger charge is 2.46. The van der Waals surface area contributed by atoms with E-state index >= 15 is 0 Å². The van der Waals surface area contributed by atoms with Crippen LogP contribution in [-0.4, -0.2) is 235 Å². The molecule has 5 aromatic heterocycles. The van der Waals surface area contributed by atoms with E-state index in [-0.39, 0.29) is 72.3 Å². The topological polar surface area (TPSA) is 615 Å². The van der Waals surface area contributed by atoms with E-state index in [0.717, 1.165) is 13.8 Å². The Labute approximate surface area is 739 Å². The van der Waals surface area contributed by atoms with Gasteiger partial charge in [0.1, 0.15) is 72.6 Å². The van der Waals surface area contributed by atoms with Crippen molar-refractivity contribution in [3.8, 4) is 0 Å². The summed E-state index contributed by atoms with van der Waals surface area (Å²) < 4.78 is 272. The molecule has 0 aromatic carbocycles. The zero-order chi connectivity index (χ0) is 93.5. The number of rotatable bonds is 28. The molecule has 123 heavy (non-hydrogen) atoms. The van der Waals surface area contributed by atoms with E-state index in [9.17, 15) is 108 Å². The second kappa shape index (κ2) is 42.2. The van der Waals surface area contributed by atoms with Gasteiger partial charge in [-0.2, -0.15) is 0 Å².